The van der Waals surface area contributed by atoms with E-state index in [1.54, 1.807) is 5.56 Å². The second-order valence-electron chi connectivity index (χ2n) is 7.62. The second-order valence-corrected chi connectivity index (χ2v) is 7.62. The quantitative estimate of drug-likeness (QED) is 0.792. The summed E-state index contributed by atoms with van der Waals surface area (Å²) in [4.78, 5) is 0. The van der Waals surface area contributed by atoms with Gasteiger partial charge in [0.15, 0.2) is 0 Å². The van der Waals surface area contributed by atoms with E-state index in [-0.39, 0.29) is 6.10 Å². The fraction of sp³-hybridized carbons (Fsp3) is 0.700. The molecule has 1 saturated carbocycles. The predicted molar refractivity (Wildman–Crippen MR) is 93.6 cm³/mol. The summed E-state index contributed by atoms with van der Waals surface area (Å²) < 4.78 is 5.74. The minimum absolute atomic E-state index is 0.260. The van der Waals surface area contributed by atoms with Gasteiger partial charge in [0.1, 0.15) is 0 Å². The van der Waals surface area contributed by atoms with Gasteiger partial charge in [-0.15, -0.1) is 0 Å². The third-order valence-corrected chi connectivity index (χ3v) is 5.54. The molecule has 1 fully saturated rings. The highest BCUT2D eigenvalue weighted by atomic mass is 16.5. The highest BCUT2D eigenvalue weighted by Gasteiger charge is 2.25. The first-order valence-electron chi connectivity index (χ1n) is 9.25. The summed E-state index contributed by atoms with van der Waals surface area (Å²) in [6, 6.07) is 7.52. The molecule has 23 heavy (non-hydrogen) atoms. The summed E-state index contributed by atoms with van der Waals surface area (Å²) in [5, 5.41) is 9.26. The molecule has 2 aliphatic carbocycles. The summed E-state index contributed by atoms with van der Waals surface area (Å²) in [6.45, 7) is 3.31. The van der Waals surface area contributed by atoms with Crippen LogP contribution in [0, 0.1) is 5.92 Å². The highest BCUT2D eigenvalue weighted by molar-refractivity contribution is 5.36. The van der Waals surface area contributed by atoms with Gasteiger partial charge in [0.05, 0.1) is 6.10 Å². The number of aliphatic hydroxyl groups is 1. The first kappa shape index (κ1) is 16.9. The van der Waals surface area contributed by atoms with E-state index in [1.807, 2.05) is 6.92 Å². The molecule has 0 amide bonds. The van der Waals surface area contributed by atoms with Crippen LogP contribution in [0.5, 0.6) is 0 Å². The molecule has 2 aliphatic rings. The van der Waals surface area contributed by atoms with Gasteiger partial charge in [-0.1, -0.05) is 18.2 Å². The molecule has 0 spiro atoms. The van der Waals surface area contributed by atoms with Gasteiger partial charge in [0, 0.05) is 19.3 Å². The number of hydrogen-bond acceptors (Lipinski definition) is 3. The molecular weight excluding hydrogens is 286 g/mol. The third kappa shape index (κ3) is 4.56. The molecule has 0 aliphatic heterocycles. The molecule has 1 aromatic carbocycles. The van der Waals surface area contributed by atoms with Crippen molar-refractivity contribution in [3.05, 3.63) is 34.9 Å². The summed E-state index contributed by atoms with van der Waals surface area (Å²) in [7, 11) is 0. The van der Waals surface area contributed by atoms with Crippen molar-refractivity contribution >= 4 is 0 Å². The number of nitrogens with two attached hydrogens (primary N) is 1. The number of rotatable bonds is 6. The van der Waals surface area contributed by atoms with Crippen molar-refractivity contribution in [2.24, 2.45) is 11.7 Å². The number of ether oxygens (including phenoxy) is 1. The Morgan fingerprint density at radius 1 is 1.26 bits per heavy atom. The fourth-order valence-electron chi connectivity index (χ4n) is 4.07. The Morgan fingerprint density at radius 2 is 2.13 bits per heavy atom. The third-order valence-electron chi connectivity index (χ3n) is 5.54. The van der Waals surface area contributed by atoms with Crippen LogP contribution in [0.3, 0.4) is 0 Å². The average Bonchev–Trinajstić information content (AvgIpc) is 2.97. The lowest BCUT2D eigenvalue weighted by molar-refractivity contribution is 0.0648. The number of fused-ring (bicyclic) bond motifs is 1. The number of aliphatic hydroxyl groups excluding tert-OH is 1. The second kappa shape index (κ2) is 7.78. The summed E-state index contributed by atoms with van der Waals surface area (Å²) >= 11 is 0. The first-order valence-corrected chi connectivity index (χ1v) is 9.25. The van der Waals surface area contributed by atoms with Gasteiger partial charge in [-0.3, -0.25) is 0 Å². The van der Waals surface area contributed by atoms with Gasteiger partial charge < -0.3 is 15.6 Å². The monoisotopic (exact) mass is 317 g/mol. The van der Waals surface area contributed by atoms with Crippen molar-refractivity contribution in [3.8, 4) is 0 Å². The van der Waals surface area contributed by atoms with Crippen molar-refractivity contribution in [1.82, 2.24) is 0 Å². The molecule has 0 heterocycles. The molecule has 4 unspecified atom stereocenters. The van der Waals surface area contributed by atoms with E-state index in [9.17, 15) is 5.11 Å². The van der Waals surface area contributed by atoms with Crippen LogP contribution in [-0.2, 0) is 17.6 Å². The molecule has 3 rings (SSSR count). The summed E-state index contributed by atoms with van der Waals surface area (Å²) in [6.07, 6.45) is 7.57. The van der Waals surface area contributed by atoms with E-state index >= 15 is 0 Å². The van der Waals surface area contributed by atoms with Crippen LogP contribution in [0.15, 0.2) is 18.2 Å². The predicted octanol–water partition coefficient (Wildman–Crippen LogP) is 3.17. The maximum atomic E-state index is 9.26. The minimum atomic E-state index is -0.260. The molecule has 1 aromatic rings. The SMILES string of the molecule is CC(O)CCOCC1CCc2cc(C3CCC(N)C3)ccc2C1. The minimum Gasteiger partial charge on any atom is -0.393 e. The summed E-state index contributed by atoms with van der Waals surface area (Å²) in [5.74, 6) is 1.30. The Morgan fingerprint density at radius 3 is 2.87 bits per heavy atom. The van der Waals surface area contributed by atoms with Gasteiger partial charge >= 0.3 is 0 Å². The zero-order chi connectivity index (χ0) is 16.2. The van der Waals surface area contributed by atoms with Crippen molar-refractivity contribution in [3.63, 3.8) is 0 Å². The van der Waals surface area contributed by atoms with Crippen LogP contribution in [0.2, 0.25) is 0 Å². The standard InChI is InChI=1S/C20H31NO2/c1-14(22)8-9-23-13-15-2-3-17-11-18(5-4-16(17)10-15)19-6-7-20(21)12-19/h4-5,11,14-15,19-20,22H,2-3,6-10,12-13,21H2,1H3. The van der Waals surface area contributed by atoms with Crippen molar-refractivity contribution in [2.75, 3.05) is 13.2 Å². The number of hydrogen-bond donors (Lipinski definition) is 2. The van der Waals surface area contributed by atoms with E-state index in [4.69, 9.17) is 10.5 Å². The Labute approximate surface area is 140 Å². The van der Waals surface area contributed by atoms with E-state index in [0.29, 0.717) is 24.5 Å². The van der Waals surface area contributed by atoms with E-state index < -0.39 is 0 Å². The number of aryl methyl sites for hydroxylation is 1. The molecule has 0 saturated heterocycles. The summed E-state index contributed by atoms with van der Waals surface area (Å²) in [5.41, 5.74) is 10.6. The van der Waals surface area contributed by atoms with Crippen molar-refractivity contribution in [1.29, 1.82) is 0 Å². The van der Waals surface area contributed by atoms with E-state index in [0.717, 1.165) is 25.9 Å². The van der Waals surface area contributed by atoms with Crippen LogP contribution >= 0.6 is 0 Å². The normalized spacial score (nSPS) is 28.6. The molecule has 0 bridgehead atoms. The van der Waals surface area contributed by atoms with Crippen LogP contribution in [-0.4, -0.2) is 30.5 Å². The van der Waals surface area contributed by atoms with Gasteiger partial charge in [-0.25, -0.2) is 0 Å². The lowest BCUT2D eigenvalue weighted by atomic mass is 9.82. The molecule has 3 heteroatoms. The highest BCUT2D eigenvalue weighted by Crippen LogP contribution is 2.36. The average molecular weight is 317 g/mol. The van der Waals surface area contributed by atoms with E-state index in [1.165, 1.54) is 36.8 Å². The zero-order valence-electron chi connectivity index (χ0n) is 14.3. The maximum absolute atomic E-state index is 9.26. The first-order chi connectivity index (χ1) is 11.1. The molecule has 3 nitrogen and oxygen atoms in total. The lowest BCUT2D eigenvalue weighted by Crippen LogP contribution is -2.20. The molecular formula is C20H31NO2. The Kier molecular flexibility index (Phi) is 5.73. The number of benzene rings is 1. The Hall–Kier alpha value is -0.900. The molecule has 128 valence electrons. The smallest absolute Gasteiger partial charge is 0.0534 e. The van der Waals surface area contributed by atoms with Gasteiger partial charge in [-0.2, -0.15) is 0 Å². The van der Waals surface area contributed by atoms with Crippen molar-refractivity contribution < 1.29 is 9.84 Å². The van der Waals surface area contributed by atoms with Crippen LogP contribution in [0.25, 0.3) is 0 Å². The van der Waals surface area contributed by atoms with Crippen LogP contribution in [0.4, 0.5) is 0 Å². The van der Waals surface area contributed by atoms with E-state index in [2.05, 4.69) is 18.2 Å². The van der Waals surface area contributed by atoms with Crippen LogP contribution in [0.1, 0.15) is 61.6 Å². The van der Waals surface area contributed by atoms with Gasteiger partial charge in [0.25, 0.3) is 0 Å². The topological polar surface area (TPSA) is 55.5 Å². The maximum Gasteiger partial charge on any atom is 0.0534 e. The van der Waals surface area contributed by atoms with Crippen LogP contribution < -0.4 is 5.73 Å². The Balaban J connectivity index is 1.53. The largest absolute Gasteiger partial charge is 0.393 e. The molecule has 0 aromatic heterocycles. The van der Waals surface area contributed by atoms with Gasteiger partial charge in [-0.05, 0) is 80.4 Å². The zero-order valence-corrected chi connectivity index (χ0v) is 14.3. The lowest BCUT2D eigenvalue weighted by Gasteiger charge is -2.26. The van der Waals surface area contributed by atoms with Gasteiger partial charge in [0.2, 0.25) is 0 Å². The Bertz CT molecular complexity index is 514. The molecule has 0 radical (unpaired) electrons. The fourth-order valence-corrected chi connectivity index (χ4v) is 4.07. The molecule has 4 atom stereocenters. The molecule has 3 N–H and O–H groups in total. The van der Waals surface area contributed by atoms with Crippen molar-refractivity contribution in [2.45, 2.75) is 69.9 Å².